The van der Waals surface area contributed by atoms with Gasteiger partial charge in [-0.1, -0.05) is 23.2 Å². The van der Waals surface area contributed by atoms with Gasteiger partial charge in [0.2, 0.25) is 0 Å². The van der Waals surface area contributed by atoms with Crippen LogP contribution in [-0.4, -0.2) is 13.9 Å². The lowest BCUT2D eigenvalue weighted by molar-refractivity contribution is 0.0517. The zero-order valence-electron chi connectivity index (χ0n) is 7.01. The van der Waals surface area contributed by atoms with Gasteiger partial charge in [-0.25, -0.2) is 0 Å². The third-order valence-corrected chi connectivity index (χ3v) is 1.86. The third-order valence-electron chi connectivity index (χ3n) is 1.36. The maximum Gasteiger partial charge on any atom is 0.188 e. The first-order chi connectivity index (χ1) is 6.15. The molecule has 0 unspecified atom stereocenters. The van der Waals surface area contributed by atoms with Crippen LogP contribution >= 0.6 is 23.2 Å². The molecule has 0 aliphatic heterocycles. The molecule has 0 amide bonds. The van der Waals surface area contributed by atoms with Gasteiger partial charge in [-0.15, -0.1) is 0 Å². The van der Waals surface area contributed by atoms with Crippen LogP contribution in [0.3, 0.4) is 0 Å². The summed E-state index contributed by atoms with van der Waals surface area (Å²) in [6, 6.07) is 3.13. The van der Waals surface area contributed by atoms with E-state index in [1.54, 1.807) is 12.1 Å². The molecule has 13 heavy (non-hydrogen) atoms. The van der Waals surface area contributed by atoms with Gasteiger partial charge in [0.15, 0.2) is 12.5 Å². The van der Waals surface area contributed by atoms with Crippen molar-refractivity contribution in [2.75, 3.05) is 19.6 Å². The number of methoxy groups -OCH3 is 1. The predicted octanol–water partition coefficient (Wildman–Crippen LogP) is 2.56. The molecule has 2 N–H and O–H groups in total. The molecule has 0 fully saturated rings. The maximum absolute atomic E-state index is 5.83. The fourth-order valence-electron chi connectivity index (χ4n) is 0.850. The Bertz CT molecular complexity index is 281. The summed E-state index contributed by atoms with van der Waals surface area (Å²) >= 11 is 11.5. The Labute approximate surface area is 86.3 Å². The monoisotopic (exact) mass is 221 g/mol. The molecule has 1 aromatic rings. The van der Waals surface area contributed by atoms with Gasteiger partial charge < -0.3 is 15.2 Å². The number of ether oxygens (including phenoxy) is 2. The van der Waals surface area contributed by atoms with Crippen LogP contribution in [-0.2, 0) is 4.74 Å². The summed E-state index contributed by atoms with van der Waals surface area (Å²) in [6.07, 6.45) is 0. The minimum atomic E-state index is 0.103. The molecule has 72 valence electrons. The third kappa shape index (κ3) is 2.66. The second-order valence-corrected chi connectivity index (χ2v) is 3.20. The summed E-state index contributed by atoms with van der Waals surface area (Å²) < 4.78 is 9.85. The Balaban J connectivity index is 2.92. The highest BCUT2D eigenvalue weighted by molar-refractivity contribution is 6.36. The van der Waals surface area contributed by atoms with E-state index in [1.807, 2.05) is 0 Å². The molecule has 0 saturated heterocycles. The topological polar surface area (TPSA) is 44.5 Å². The quantitative estimate of drug-likeness (QED) is 0.631. The second-order valence-electron chi connectivity index (χ2n) is 2.36. The van der Waals surface area contributed by atoms with Crippen LogP contribution in [0.1, 0.15) is 0 Å². The molecule has 0 aromatic heterocycles. The molecule has 0 aliphatic rings. The van der Waals surface area contributed by atoms with Crippen molar-refractivity contribution >= 4 is 28.9 Å². The lowest BCUT2D eigenvalue weighted by Crippen LogP contribution is -2.02. The largest absolute Gasteiger partial charge is 0.464 e. The van der Waals surface area contributed by atoms with E-state index < -0.39 is 0 Å². The first-order valence-electron chi connectivity index (χ1n) is 3.51. The number of rotatable bonds is 3. The van der Waals surface area contributed by atoms with Crippen LogP contribution in [0.25, 0.3) is 0 Å². The number of anilines is 1. The summed E-state index contributed by atoms with van der Waals surface area (Å²) in [5.74, 6) is 0.396. The molecule has 0 heterocycles. The molecular formula is C8H9Cl2NO2. The fourth-order valence-corrected chi connectivity index (χ4v) is 1.41. The van der Waals surface area contributed by atoms with Crippen LogP contribution in [0.15, 0.2) is 12.1 Å². The van der Waals surface area contributed by atoms with E-state index in [2.05, 4.69) is 0 Å². The van der Waals surface area contributed by atoms with E-state index in [0.717, 1.165) is 0 Å². The van der Waals surface area contributed by atoms with Crippen molar-refractivity contribution in [1.82, 2.24) is 0 Å². The van der Waals surface area contributed by atoms with Crippen molar-refractivity contribution in [1.29, 1.82) is 0 Å². The minimum absolute atomic E-state index is 0.103. The van der Waals surface area contributed by atoms with Gasteiger partial charge in [0.05, 0.1) is 10.7 Å². The molecule has 0 bridgehead atoms. The Morgan fingerprint density at radius 2 is 2.08 bits per heavy atom. The van der Waals surface area contributed by atoms with E-state index in [4.69, 9.17) is 38.4 Å². The number of benzene rings is 1. The maximum atomic E-state index is 5.83. The van der Waals surface area contributed by atoms with Crippen LogP contribution < -0.4 is 10.5 Å². The summed E-state index contributed by atoms with van der Waals surface area (Å²) in [6.45, 7) is 0.103. The van der Waals surface area contributed by atoms with Crippen molar-refractivity contribution in [2.45, 2.75) is 0 Å². The lowest BCUT2D eigenvalue weighted by Gasteiger charge is -2.09. The molecule has 0 radical (unpaired) electrons. The Morgan fingerprint density at radius 3 is 2.62 bits per heavy atom. The number of halogens is 2. The van der Waals surface area contributed by atoms with Crippen LogP contribution in [0.2, 0.25) is 10.0 Å². The normalized spacial score (nSPS) is 10.1. The average Bonchev–Trinajstić information content (AvgIpc) is 2.02. The summed E-state index contributed by atoms with van der Waals surface area (Å²) in [7, 11) is 1.51. The fraction of sp³-hybridized carbons (Fsp3) is 0.250. The van der Waals surface area contributed by atoms with Crippen molar-refractivity contribution in [3.05, 3.63) is 22.2 Å². The first kappa shape index (κ1) is 10.4. The molecule has 0 aliphatic carbocycles. The zero-order chi connectivity index (χ0) is 9.84. The van der Waals surface area contributed by atoms with Crippen molar-refractivity contribution in [3.8, 4) is 5.75 Å². The number of nitrogens with two attached hydrogens (primary N) is 1. The summed E-state index contributed by atoms with van der Waals surface area (Å²) in [4.78, 5) is 0. The minimum Gasteiger partial charge on any atom is -0.464 e. The van der Waals surface area contributed by atoms with Gasteiger partial charge in [0.1, 0.15) is 0 Å². The van der Waals surface area contributed by atoms with Crippen LogP contribution in [0.5, 0.6) is 5.75 Å². The Hall–Kier alpha value is -0.640. The number of hydrogen-bond acceptors (Lipinski definition) is 3. The van der Waals surface area contributed by atoms with Gasteiger partial charge in [-0.2, -0.15) is 0 Å². The highest BCUT2D eigenvalue weighted by Gasteiger charge is 2.07. The van der Waals surface area contributed by atoms with E-state index in [-0.39, 0.29) is 6.79 Å². The van der Waals surface area contributed by atoms with Crippen LogP contribution in [0.4, 0.5) is 5.69 Å². The molecule has 3 nitrogen and oxygen atoms in total. The van der Waals surface area contributed by atoms with Gasteiger partial charge in [-0.05, 0) is 12.1 Å². The van der Waals surface area contributed by atoms with Gasteiger partial charge in [0.25, 0.3) is 0 Å². The summed E-state index contributed by atoms with van der Waals surface area (Å²) in [5.41, 5.74) is 6.01. The molecule has 0 saturated carbocycles. The predicted molar refractivity (Wildman–Crippen MR) is 53.4 cm³/mol. The van der Waals surface area contributed by atoms with E-state index in [1.165, 1.54) is 7.11 Å². The number of nitrogen functional groups attached to an aromatic ring is 1. The van der Waals surface area contributed by atoms with E-state index >= 15 is 0 Å². The molecule has 1 rings (SSSR count). The SMILES string of the molecule is COCOc1c(N)cc(Cl)cc1Cl. The van der Waals surface area contributed by atoms with E-state index in [9.17, 15) is 0 Å². The van der Waals surface area contributed by atoms with Crippen molar-refractivity contribution in [2.24, 2.45) is 0 Å². The van der Waals surface area contributed by atoms with E-state index in [0.29, 0.717) is 21.5 Å². The molecule has 0 spiro atoms. The van der Waals surface area contributed by atoms with Gasteiger partial charge in [-0.3, -0.25) is 0 Å². The summed E-state index contributed by atoms with van der Waals surface area (Å²) in [5, 5.41) is 0.856. The average molecular weight is 222 g/mol. The van der Waals surface area contributed by atoms with Gasteiger partial charge >= 0.3 is 0 Å². The number of hydrogen-bond donors (Lipinski definition) is 1. The molecule has 5 heteroatoms. The van der Waals surface area contributed by atoms with Crippen LogP contribution in [0, 0.1) is 0 Å². The smallest absolute Gasteiger partial charge is 0.188 e. The lowest BCUT2D eigenvalue weighted by atomic mass is 10.3. The Morgan fingerprint density at radius 1 is 1.38 bits per heavy atom. The standard InChI is InChI=1S/C8H9Cl2NO2/c1-12-4-13-8-6(10)2-5(9)3-7(8)11/h2-3H,4,11H2,1H3. The second kappa shape index (κ2) is 4.56. The highest BCUT2D eigenvalue weighted by Crippen LogP contribution is 2.34. The van der Waals surface area contributed by atoms with Crippen molar-refractivity contribution < 1.29 is 9.47 Å². The molecular weight excluding hydrogens is 213 g/mol. The highest BCUT2D eigenvalue weighted by atomic mass is 35.5. The first-order valence-corrected chi connectivity index (χ1v) is 4.27. The Kier molecular flexibility index (Phi) is 3.66. The van der Waals surface area contributed by atoms with Crippen molar-refractivity contribution in [3.63, 3.8) is 0 Å². The van der Waals surface area contributed by atoms with Gasteiger partial charge in [0, 0.05) is 12.1 Å². The molecule has 1 aromatic carbocycles. The molecule has 0 atom stereocenters. The zero-order valence-corrected chi connectivity index (χ0v) is 8.52.